The van der Waals surface area contributed by atoms with Crippen molar-refractivity contribution in [1.82, 2.24) is 10.2 Å². The number of nitrogens with zero attached hydrogens (tertiary/aromatic N) is 1. The van der Waals surface area contributed by atoms with Crippen molar-refractivity contribution in [3.63, 3.8) is 0 Å². The smallest absolute Gasteiger partial charge is 0.314 e. The van der Waals surface area contributed by atoms with Crippen molar-refractivity contribution in [2.75, 3.05) is 26.2 Å². The van der Waals surface area contributed by atoms with Crippen LogP contribution in [0.2, 0.25) is 0 Å². The predicted octanol–water partition coefficient (Wildman–Crippen LogP) is 3.64. The minimum Gasteiger partial charge on any atom is -0.314 e. The molecule has 0 amide bonds. The molecule has 0 aromatic heterocycles. The summed E-state index contributed by atoms with van der Waals surface area (Å²) in [6, 6.07) is 5.16. The van der Waals surface area contributed by atoms with Gasteiger partial charge in [-0.15, -0.1) is 24.8 Å². The molecule has 8 heteroatoms. The van der Waals surface area contributed by atoms with E-state index in [9.17, 15) is 13.2 Å². The summed E-state index contributed by atoms with van der Waals surface area (Å²) in [5, 5.41) is 3.07. The zero-order valence-corrected chi connectivity index (χ0v) is 14.3. The molecule has 2 nitrogen and oxygen atoms in total. The highest BCUT2D eigenvalue weighted by Crippen LogP contribution is 2.38. The van der Waals surface area contributed by atoms with E-state index < -0.39 is 12.2 Å². The highest BCUT2D eigenvalue weighted by molar-refractivity contribution is 14.1. The Morgan fingerprint density at radius 3 is 2.25 bits per heavy atom. The number of hydrogen-bond acceptors (Lipinski definition) is 2. The highest BCUT2D eigenvalue weighted by Gasteiger charge is 2.44. The van der Waals surface area contributed by atoms with Crippen molar-refractivity contribution < 1.29 is 13.2 Å². The second-order valence-corrected chi connectivity index (χ2v) is 5.53. The molecule has 1 aliphatic rings. The van der Waals surface area contributed by atoms with Gasteiger partial charge in [0, 0.05) is 29.7 Å². The lowest BCUT2D eigenvalue weighted by Crippen LogP contribution is -2.49. The summed E-state index contributed by atoms with van der Waals surface area (Å²) in [6.45, 7) is 2.07. The quantitative estimate of drug-likeness (QED) is 0.703. The molecule has 1 aliphatic heterocycles. The Hall–Kier alpha value is 0.240. The van der Waals surface area contributed by atoms with Crippen LogP contribution in [-0.2, 0) is 0 Å². The van der Waals surface area contributed by atoms with Gasteiger partial charge in [-0.2, -0.15) is 13.2 Å². The molecule has 1 aromatic rings. The molecule has 116 valence electrons. The summed E-state index contributed by atoms with van der Waals surface area (Å²) in [4.78, 5) is 1.50. The van der Waals surface area contributed by atoms with E-state index in [1.165, 1.54) is 4.90 Å². The molecule has 1 N–H and O–H groups in total. The largest absolute Gasteiger partial charge is 0.408 e. The molecule has 0 aliphatic carbocycles. The molecule has 0 radical (unpaired) electrons. The first-order valence-electron chi connectivity index (χ1n) is 5.75. The van der Waals surface area contributed by atoms with Gasteiger partial charge in [0.15, 0.2) is 0 Å². The Labute approximate surface area is 142 Å². The second-order valence-electron chi connectivity index (χ2n) is 4.29. The van der Waals surface area contributed by atoms with Crippen LogP contribution in [0.15, 0.2) is 24.3 Å². The first-order valence-corrected chi connectivity index (χ1v) is 6.83. The summed E-state index contributed by atoms with van der Waals surface area (Å²) in [5.41, 5.74) is 0.330. The Kier molecular flexibility index (Phi) is 8.73. The first kappa shape index (κ1) is 20.2. The summed E-state index contributed by atoms with van der Waals surface area (Å²) in [7, 11) is 0. The third-order valence-corrected chi connectivity index (χ3v) is 3.66. The average molecular weight is 443 g/mol. The van der Waals surface area contributed by atoms with Gasteiger partial charge in [0.25, 0.3) is 0 Å². The third-order valence-electron chi connectivity index (χ3n) is 2.99. The van der Waals surface area contributed by atoms with E-state index in [-0.39, 0.29) is 24.8 Å². The Morgan fingerprint density at radius 2 is 1.75 bits per heavy atom. The standard InChI is InChI=1S/C12H14F3IN2.2ClH/c13-12(14,15)11(18-6-4-17-5-7-18)9-2-1-3-10(16)8-9;;/h1-3,8,11,17H,4-7H2;2*1H/t11-;;/m1../s1. The minimum absolute atomic E-state index is 0. The highest BCUT2D eigenvalue weighted by atomic mass is 127. The van der Waals surface area contributed by atoms with E-state index in [2.05, 4.69) is 5.32 Å². The minimum atomic E-state index is -4.23. The van der Waals surface area contributed by atoms with Crippen LogP contribution >= 0.6 is 47.4 Å². The molecule has 1 saturated heterocycles. The number of nitrogens with one attached hydrogen (secondary N) is 1. The number of alkyl halides is 3. The van der Waals surface area contributed by atoms with E-state index in [1.54, 1.807) is 24.3 Å². The molecule has 1 fully saturated rings. The lowest BCUT2D eigenvalue weighted by Gasteiger charge is -2.36. The van der Waals surface area contributed by atoms with E-state index >= 15 is 0 Å². The van der Waals surface area contributed by atoms with Gasteiger partial charge in [0.1, 0.15) is 6.04 Å². The summed E-state index contributed by atoms with van der Waals surface area (Å²) < 4.78 is 40.6. The monoisotopic (exact) mass is 442 g/mol. The van der Waals surface area contributed by atoms with Crippen molar-refractivity contribution in [2.45, 2.75) is 12.2 Å². The van der Waals surface area contributed by atoms with E-state index in [0.29, 0.717) is 31.7 Å². The number of rotatable bonds is 2. The summed E-state index contributed by atoms with van der Waals surface area (Å²) in [6.07, 6.45) is -4.23. The lowest BCUT2D eigenvalue weighted by molar-refractivity contribution is -0.187. The number of benzene rings is 1. The number of hydrogen-bond donors (Lipinski definition) is 1. The van der Waals surface area contributed by atoms with Gasteiger partial charge in [0.05, 0.1) is 0 Å². The maximum atomic E-state index is 13.3. The Balaban J connectivity index is 0.00000180. The van der Waals surface area contributed by atoms with Crippen molar-refractivity contribution in [3.05, 3.63) is 33.4 Å². The van der Waals surface area contributed by atoms with E-state index in [1.807, 2.05) is 22.6 Å². The van der Waals surface area contributed by atoms with E-state index in [4.69, 9.17) is 0 Å². The SMILES string of the molecule is Cl.Cl.FC(F)(F)[C@@H](c1cccc(I)c1)N1CCNCC1. The van der Waals surface area contributed by atoms with Crippen LogP contribution < -0.4 is 5.32 Å². The maximum absolute atomic E-state index is 13.3. The summed E-state index contributed by atoms with van der Waals surface area (Å²) in [5.74, 6) is 0. The number of piperazine rings is 1. The maximum Gasteiger partial charge on any atom is 0.408 e. The fraction of sp³-hybridized carbons (Fsp3) is 0.500. The molecule has 20 heavy (non-hydrogen) atoms. The van der Waals surface area contributed by atoms with Crippen LogP contribution in [0.5, 0.6) is 0 Å². The van der Waals surface area contributed by atoms with Crippen LogP contribution in [0.1, 0.15) is 11.6 Å². The van der Waals surface area contributed by atoms with Crippen LogP contribution in [0.3, 0.4) is 0 Å². The molecule has 0 bridgehead atoms. The van der Waals surface area contributed by atoms with Crippen LogP contribution in [0, 0.1) is 3.57 Å². The predicted molar refractivity (Wildman–Crippen MR) is 86.9 cm³/mol. The molecular weight excluding hydrogens is 427 g/mol. The fourth-order valence-corrected chi connectivity index (χ4v) is 2.79. The van der Waals surface area contributed by atoms with Gasteiger partial charge in [0.2, 0.25) is 0 Å². The van der Waals surface area contributed by atoms with E-state index in [0.717, 1.165) is 3.57 Å². The van der Waals surface area contributed by atoms with Gasteiger partial charge >= 0.3 is 6.18 Å². The van der Waals surface area contributed by atoms with Crippen molar-refractivity contribution in [1.29, 1.82) is 0 Å². The molecule has 0 spiro atoms. The van der Waals surface area contributed by atoms with Gasteiger partial charge < -0.3 is 5.32 Å². The Bertz CT molecular complexity index is 412. The molecule has 2 rings (SSSR count). The fourth-order valence-electron chi connectivity index (χ4n) is 2.22. The molecular formula is C12H16Cl2F3IN2. The average Bonchev–Trinajstić information content (AvgIpc) is 2.28. The van der Waals surface area contributed by atoms with Crippen LogP contribution in [-0.4, -0.2) is 37.3 Å². The van der Waals surface area contributed by atoms with Crippen LogP contribution in [0.4, 0.5) is 13.2 Å². The zero-order chi connectivity index (χ0) is 13.2. The normalized spacial score (nSPS) is 17.8. The second kappa shape index (κ2) is 8.63. The molecule has 1 aromatic carbocycles. The van der Waals surface area contributed by atoms with Gasteiger partial charge in [-0.1, -0.05) is 12.1 Å². The Morgan fingerprint density at radius 1 is 1.15 bits per heavy atom. The summed E-state index contributed by atoms with van der Waals surface area (Å²) >= 11 is 2.04. The van der Waals surface area contributed by atoms with Crippen molar-refractivity contribution in [3.8, 4) is 0 Å². The van der Waals surface area contributed by atoms with Crippen LogP contribution in [0.25, 0.3) is 0 Å². The lowest BCUT2D eigenvalue weighted by atomic mass is 10.0. The third kappa shape index (κ3) is 5.22. The van der Waals surface area contributed by atoms with Gasteiger partial charge in [-0.3, -0.25) is 4.90 Å². The molecule has 1 atom stereocenters. The topological polar surface area (TPSA) is 15.3 Å². The van der Waals surface area contributed by atoms with Crippen molar-refractivity contribution >= 4 is 47.4 Å². The molecule has 1 heterocycles. The zero-order valence-electron chi connectivity index (χ0n) is 10.5. The van der Waals surface area contributed by atoms with Gasteiger partial charge in [-0.05, 0) is 40.3 Å². The number of halogens is 6. The van der Waals surface area contributed by atoms with Gasteiger partial charge in [-0.25, -0.2) is 0 Å². The molecule has 0 unspecified atom stereocenters. The molecule has 0 saturated carbocycles. The first-order chi connectivity index (χ1) is 8.48. The van der Waals surface area contributed by atoms with Crippen molar-refractivity contribution in [2.24, 2.45) is 0 Å².